The number of hydrogen-bond acceptors (Lipinski definition) is 5. The fourth-order valence-electron chi connectivity index (χ4n) is 2.63. The molecule has 5 heteroatoms. The summed E-state index contributed by atoms with van der Waals surface area (Å²) in [6.07, 6.45) is 3.52. The van der Waals surface area contributed by atoms with Gasteiger partial charge in [-0.1, -0.05) is 48.5 Å². The van der Waals surface area contributed by atoms with E-state index in [0.717, 1.165) is 22.4 Å². The lowest BCUT2D eigenvalue weighted by Gasteiger charge is -2.10. The van der Waals surface area contributed by atoms with Crippen LogP contribution in [0.25, 0.3) is 10.9 Å². The van der Waals surface area contributed by atoms with Crippen molar-refractivity contribution >= 4 is 28.4 Å². The molecular weight excluding hydrogens is 310 g/mol. The number of hydrogen-bond donors (Lipinski definition) is 2. The van der Waals surface area contributed by atoms with Crippen molar-refractivity contribution in [3.05, 3.63) is 84.7 Å². The zero-order valence-electron chi connectivity index (χ0n) is 13.6. The summed E-state index contributed by atoms with van der Waals surface area (Å²) in [6, 6.07) is 22.0. The Morgan fingerprint density at radius 1 is 0.760 bits per heavy atom. The Labute approximate surface area is 145 Å². The van der Waals surface area contributed by atoms with E-state index in [1.54, 1.807) is 12.4 Å². The zero-order chi connectivity index (χ0) is 16.9. The minimum Gasteiger partial charge on any atom is -0.366 e. The fourth-order valence-corrected chi connectivity index (χ4v) is 2.63. The van der Waals surface area contributed by atoms with Gasteiger partial charge in [0.2, 0.25) is 5.95 Å². The van der Waals surface area contributed by atoms with E-state index in [4.69, 9.17) is 0 Å². The van der Waals surface area contributed by atoms with Crippen LogP contribution < -0.4 is 10.6 Å². The van der Waals surface area contributed by atoms with Gasteiger partial charge >= 0.3 is 0 Å². The van der Waals surface area contributed by atoms with Gasteiger partial charge in [0, 0.05) is 24.3 Å². The third-order valence-corrected chi connectivity index (χ3v) is 3.85. The molecular formula is C20H17N5. The van der Waals surface area contributed by atoms with E-state index >= 15 is 0 Å². The van der Waals surface area contributed by atoms with E-state index in [-0.39, 0.29) is 0 Å². The first-order chi connectivity index (χ1) is 12.4. The van der Waals surface area contributed by atoms with Gasteiger partial charge < -0.3 is 10.6 Å². The molecule has 25 heavy (non-hydrogen) atoms. The summed E-state index contributed by atoms with van der Waals surface area (Å²) in [5.74, 6) is 1.31. The molecule has 0 bridgehead atoms. The minimum atomic E-state index is 0.538. The summed E-state index contributed by atoms with van der Waals surface area (Å²) < 4.78 is 0. The summed E-state index contributed by atoms with van der Waals surface area (Å²) in [5.41, 5.74) is 2.99. The van der Waals surface area contributed by atoms with Crippen LogP contribution in [-0.2, 0) is 6.54 Å². The monoisotopic (exact) mass is 327 g/mol. The maximum Gasteiger partial charge on any atom is 0.229 e. The highest BCUT2D eigenvalue weighted by Gasteiger charge is 2.05. The Morgan fingerprint density at radius 3 is 2.56 bits per heavy atom. The Kier molecular flexibility index (Phi) is 4.20. The lowest BCUT2D eigenvalue weighted by Crippen LogP contribution is -2.04. The van der Waals surface area contributed by atoms with Gasteiger partial charge in [-0.05, 0) is 23.8 Å². The van der Waals surface area contributed by atoms with Crippen LogP contribution in [0.3, 0.4) is 0 Å². The molecule has 2 N–H and O–H groups in total. The third-order valence-electron chi connectivity index (χ3n) is 3.85. The van der Waals surface area contributed by atoms with Crippen molar-refractivity contribution in [3.63, 3.8) is 0 Å². The second-order valence-corrected chi connectivity index (χ2v) is 5.61. The van der Waals surface area contributed by atoms with Gasteiger partial charge in [0.15, 0.2) is 0 Å². The Balaban J connectivity index is 1.53. The lowest BCUT2D eigenvalue weighted by molar-refractivity contribution is 1.08. The van der Waals surface area contributed by atoms with E-state index in [0.29, 0.717) is 12.5 Å². The van der Waals surface area contributed by atoms with E-state index < -0.39 is 0 Å². The number of aromatic nitrogens is 3. The number of fused-ring (bicyclic) bond motifs is 1. The summed E-state index contributed by atoms with van der Waals surface area (Å²) in [7, 11) is 0. The van der Waals surface area contributed by atoms with E-state index in [9.17, 15) is 0 Å². The van der Waals surface area contributed by atoms with Gasteiger partial charge in [0.05, 0.1) is 11.2 Å². The largest absolute Gasteiger partial charge is 0.366 e. The molecule has 4 aromatic rings. The topological polar surface area (TPSA) is 62.7 Å². The van der Waals surface area contributed by atoms with Crippen molar-refractivity contribution in [2.24, 2.45) is 0 Å². The van der Waals surface area contributed by atoms with Gasteiger partial charge in [-0.15, -0.1) is 0 Å². The van der Waals surface area contributed by atoms with Crippen LogP contribution in [0.2, 0.25) is 0 Å². The fraction of sp³-hybridized carbons (Fsp3) is 0.0500. The molecule has 0 atom stereocenters. The molecule has 0 fully saturated rings. The molecule has 4 rings (SSSR count). The minimum absolute atomic E-state index is 0.538. The van der Waals surface area contributed by atoms with Crippen LogP contribution in [0, 0.1) is 0 Å². The second kappa shape index (κ2) is 6.97. The van der Waals surface area contributed by atoms with E-state index in [2.05, 4.69) is 37.7 Å². The van der Waals surface area contributed by atoms with Crippen LogP contribution >= 0.6 is 0 Å². The summed E-state index contributed by atoms with van der Waals surface area (Å²) in [4.78, 5) is 13.3. The van der Waals surface area contributed by atoms with Crippen LogP contribution in [-0.4, -0.2) is 15.0 Å². The molecule has 2 aromatic heterocycles. The van der Waals surface area contributed by atoms with Crippen LogP contribution in [0.4, 0.5) is 17.5 Å². The average Bonchev–Trinajstić information content (AvgIpc) is 2.68. The number of nitrogens with zero attached hydrogens (tertiary/aromatic N) is 3. The molecule has 0 amide bonds. The second-order valence-electron chi connectivity index (χ2n) is 5.61. The predicted octanol–water partition coefficient (Wildman–Crippen LogP) is 4.38. The maximum atomic E-state index is 4.53. The van der Waals surface area contributed by atoms with Crippen LogP contribution in [0.5, 0.6) is 0 Å². The Hall–Kier alpha value is -3.47. The molecule has 0 radical (unpaired) electrons. The highest BCUT2D eigenvalue weighted by molar-refractivity contribution is 5.91. The maximum absolute atomic E-state index is 4.53. The molecule has 0 aliphatic heterocycles. The summed E-state index contributed by atoms with van der Waals surface area (Å²) in [5, 5.41) is 7.65. The number of rotatable bonds is 5. The first kappa shape index (κ1) is 15.1. The third kappa shape index (κ3) is 3.55. The average molecular weight is 327 g/mol. The smallest absolute Gasteiger partial charge is 0.229 e. The first-order valence-electron chi connectivity index (χ1n) is 8.10. The normalized spacial score (nSPS) is 10.6. The van der Waals surface area contributed by atoms with Gasteiger partial charge in [-0.25, -0.2) is 4.98 Å². The van der Waals surface area contributed by atoms with Gasteiger partial charge in [0.1, 0.15) is 5.82 Å². The molecule has 0 aliphatic carbocycles. The number of pyridine rings is 1. The quantitative estimate of drug-likeness (QED) is 0.569. The van der Waals surface area contributed by atoms with Crippen molar-refractivity contribution in [2.75, 3.05) is 10.6 Å². The summed E-state index contributed by atoms with van der Waals surface area (Å²) in [6.45, 7) is 0.715. The highest BCUT2D eigenvalue weighted by Crippen LogP contribution is 2.23. The first-order valence-corrected chi connectivity index (χ1v) is 8.10. The van der Waals surface area contributed by atoms with Crippen molar-refractivity contribution in [1.29, 1.82) is 0 Å². The molecule has 2 aromatic carbocycles. The number of para-hydroxylation sites is 1. The van der Waals surface area contributed by atoms with Crippen LogP contribution in [0.15, 0.2) is 79.1 Å². The molecule has 0 saturated heterocycles. The van der Waals surface area contributed by atoms with Crippen molar-refractivity contribution in [2.45, 2.75) is 6.54 Å². The SMILES string of the molecule is c1ccc(CNc2ccnc(Nc3cccc4cccnc34)n2)cc1. The number of nitrogens with one attached hydrogen (secondary N) is 2. The molecule has 0 aliphatic rings. The highest BCUT2D eigenvalue weighted by atomic mass is 15.1. The summed E-state index contributed by atoms with van der Waals surface area (Å²) >= 11 is 0. The number of benzene rings is 2. The standard InChI is InChI=1S/C20H17N5/c1-2-6-15(7-3-1)14-23-18-11-13-22-20(25-18)24-17-10-4-8-16-9-5-12-21-19(16)17/h1-13H,14H2,(H2,22,23,24,25). The molecule has 5 nitrogen and oxygen atoms in total. The number of anilines is 3. The van der Waals surface area contributed by atoms with Crippen molar-refractivity contribution in [3.8, 4) is 0 Å². The molecule has 0 spiro atoms. The van der Waals surface area contributed by atoms with Crippen molar-refractivity contribution in [1.82, 2.24) is 15.0 Å². The molecule has 0 saturated carbocycles. The molecule has 122 valence electrons. The predicted molar refractivity (Wildman–Crippen MR) is 101 cm³/mol. The van der Waals surface area contributed by atoms with E-state index in [1.807, 2.05) is 54.6 Å². The Bertz CT molecular complexity index is 980. The van der Waals surface area contributed by atoms with Gasteiger partial charge in [-0.2, -0.15) is 4.98 Å². The molecule has 2 heterocycles. The van der Waals surface area contributed by atoms with Gasteiger partial charge in [-0.3, -0.25) is 4.98 Å². The van der Waals surface area contributed by atoms with Crippen molar-refractivity contribution < 1.29 is 0 Å². The lowest BCUT2D eigenvalue weighted by atomic mass is 10.2. The van der Waals surface area contributed by atoms with E-state index in [1.165, 1.54) is 5.56 Å². The Morgan fingerprint density at radius 2 is 1.64 bits per heavy atom. The zero-order valence-corrected chi connectivity index (χ0v) is 13.6. The van der Waals surface area contributed by atoms with Crippen LogP contribution in [0.1, 0.15) is 5.56 Å². The molecule has 0 unspecified atom stereocenters. The van der Waals surface area contributed by atoms with Gasteiger partial charge in [0.25, 0.3) is 0 Å².